The summed E-state index contributed by atoms with van der Waals surface area (Å²) in [5, 5.41) is 10.6. The van der Waals surface area contributed by atoms with Crippen LogP contribution in [0.3, 0.4) is 0 Å². The number of nitrogens with zero attached hydrogens (tertiary/aromatic N) is 1. The molecule has 1 aromatic heterocycles. The van der Waals surface area contributed by atoms with Crippen molar-refractivity contribution in [3.63, 3.8) is 0 Å². The van der Waals surface area contributed by atoms with Crippen LogP contribution in [0.15, 0.2) is 48.7 Å². The van der Waals surface area contributed by atoms with E-state index in [9.17, 15) is 5.11 Å². The predicted octanol–water partition coefficient (Wildman–Crippen LogP) is 2.84. The van der Waals surface area contributed by atoms with Crippen LogP contribution in [0, 0.1) is 6.92 Å². The summed E-state index contributed by atoms with van der Waals surface area (Å²) >= 11 is 0. The molecule has 17 heavy (non-hydrogen) atoms. The van der Waals surface area contributed by atoms with Crippen LogP contribution in [-0.4, -0.2) is 10.1 Å². The van der Waals surface area contributed by atoms with Crippen LogP contribution in [0.2, 0.25) is 0 Å². The van der Waals surface area contributed by atoms with E-state index in [1.807, 2.05) is 56.3 Å². The van der Waals surface area contributed by atoms with Gasteiger partial charge in [0.1, 0.15) is 0 Å². The Morgan fingerprint density at radius 1 is 1.12 bits per heavy atom. The van der Waals surface area contributed by atoms with E-state index in [2.05, 4.69) is 4.98 Å². The molecule has 0 spiro atoms. The molecular formula is C15H17NO. The second-order valence-corrected chi connectivity index (χ2v) is 4.59. The minimum absolute atomic E-state index is 0.526. The van der Waals surface area contributed by atoms with Crippen LogP contribution in [0.5, 0.6) is 0 Å². The van der Waals surface area contributed by atoms with Crippen molar-refractivity contribution in [3.05, 3.63) is 65.5 Å². The number of aryl methyl sites for hydroxylation is 1. The molecule has 2 heteroatoms. The molecule has 88 valence electrons. The summed E-state index contributed by atoms with van der Waals surface area (Å²) in [6, 6.07) is 13.7. The van der Waals surface area contributed by atoms with Crippen molar-refractivity contribution in [3.8, 4) is 0 Å². The molecule has 0 amide bonds. The zero-order valence-corrected chi connectivity index (χ0v) is 10.2. The van der Waals surface area contributed by atoms with E-state index < -0.39 is 5.60 Å². The van der Waals surface area contributed by atoms with Crippen LogP contribution >= 0.6 is 0 Å². The van der Waals surface area contributed by atoms with Gasteiger partial charge in [0.2, 0.25) is 0 Å². The van der Waals surface area contributed by atoms with Crippen molar-refractivity contribution in [2.45, 2.75) is 25.9 Å². The summed E-state index contributed by atoms with van der Waals surface area (Å²) in [6.45, 7) is 3.85. The van der Waals surface area contributed by atoms with E-state index in [4.69, 9.17) is 0 Å². The fraction of sp³-hybridized carbons (Fsp3) is 0.267. The summed E-state index contributed by atoms with van der Waals surface area (Å²) in [6.07, 6.45) is 2.28. The van der Waals surface area contributed by atoms with Gasteiger partial charge in [-0.05, 0) is 37.1 Å². The van der Waals surface area contributed by atoms with Gasteiger partial charge in [0.05, 0.1) is 5.60 Å². The number of hydrogen-bond acceptors (Lipinski definition) is 2. The maximum atomic E-state index is 10.6. The van der Waals surface area contributed by atoms with Gasteiger partial charge in [-0.3, -0.25) is 4.98 Å². The number of aromatic nitrogens is 1. The first-order valence-electron chi connectivity index (χ1n) is 5.78. The van der Waals surface area contributed by atoms with Crippen LogP contribution in [0.1, 0.15) is 23.7 Å². The number of pyridine rings is 1. The topological polar surface area (TPSA) is 33.1 Å². The Bertz CT molecular complexity index is 491. The molecule has 0 saturated heterocycles. The van der Waals surface area contributed by atoms with Gasteiger partial charge in [-0.1, -0.05) is 30.3 Å². The first kappa shape index (κ1) is 11.8. The number of aliphatic hydroxyl groups is 1. The summed E-state index contributed by atoms with van der Waals surface area (Å²) < 4.78 is 0. The SMILES string of the molecule is Cc1ccccc1C(C)(O)Cc1ccccn1. The maximum Gasteiger partial charge on any atom is 0.0926 e. The zero-order valence-electron chi connectivity index (χ0n) is 10.2. The van der Waals surface area contributed by atoms with Crippen LogP contribution in [0.4, 0.5) is 0 Å². The highest BCUT2D eigenvalue weighted by molar-refractivity contribution is 5.31. The summed E-state index contributed by atoms with van der Waals surface area (Å²) in [4.78, 5) is 4.26. The van der Waals surface area contributed by atoms with Crippen LogP contribution in [0.25, 0.3) is 0 Å². The van der Waals surface area contributed by atoms with E-state index in [0.717, 1.165) is 16.8 Å². The van der Waals surface area contributed by atoms with Gasteiger partial charge in [0.25, 0.3) is 0 Å². The average Bonchev–Trinajstić information content (AvgIpc) is 2.30. The number of rotatable bonds is 3. The van der Waals surface area contributed by atoms with Gasteiger partial charge >= 0.3 is 0 Å². The molecule has 0 radical (unpaired) electrons. The standard InChI is InChI=1S/C15H17NO/c1-12-7-3-4-9-14(12)15(2,17)11-13-8-5-6-10-16-13/h3-10,17H,11H2,1-2H3. The molecule has 0 fully saturated rings. The molecule has 2 aromatic rings. The van der Waals surface area contributed by atoms with Gasteiger partial charge < -0.3 is 5.11 Å². The smallest absolute Gasteiger partial charge is 0.0926 e. The lowest BCUT2D eigenvalue weighted by Crippen LogP contribution is -2.25. The number of hydrogen-bond donors (Lipinski definition) is 1. The average molecular weight is 227 g/mol. The molecule has 1 unspecified atom stereocenters. The Morgan fingerprint density at radius 2 is 1.82 bits per heavy atom. The quantitative estimate of drug-likeness (QED) is 0.874. The molecule has 1 atom stereocenters. The highest BCUT2D eigenvalue weighted by Gasteiger charge is 2.25. The Balaban J connectivity index is 2.28. The number of benzene rings is 1. The molecule has 2 nitrogen and oxygen atoms in total. The van der Waals surface area contributed by atoms with E-state index in [1.165, 1.54) is 0 Å². The molecule has 0 aliphatic rings. The van der Waals surface area contributed by atoms with Crippen molar-refractivity contribution < 1.29 is 5.11 Å². The van der Waals surface area contributed by atoms with Gasteiger partial charge in [-0.25, -0.2) is 0 Å². The molecule has 2 rings (SSSR count). The van der Waals surface area contributed by atoms with Crippen molar-refractivity contribution in [2.24, 2.45) is 0 Å². The highest BCUT2D eigenvalue weighted by atomic mass is 16.3. The fourth-order valence-electron chi connectivity index (χ4n) is 2.13. The zero-order chi connectivity index (χ0) is 12.3. The molecule has 0 bridgehead atoms. The monoisotopic (exact) mass is 227 g/mol. The Labute approximate surface area is 102 Å². The lowest BCUT2D eigenvalue weighted by molar-refractivity contribution is 0.0559. The molecule has 0 aliphatic carbocycles. The van der Waals surface area contributed by atoms with E-state index in [1.54, 1.807) is 6.20 Å². The first-order chi connectivity index (χ1) is 8.09. The fourth-order valence-corrected chi connectivity index (χ4v) is 2.13. The van der Waals surface area contributed by atoms with Crippen molar-refractivity contribution in [1.29, 1.82) is 0 Å². The van der Waals surface area contributed by atoms with Crippen LogP contribution < -0.4 is 0 Å². The van der Waals surface area contributed by atoms with Crippen molar-refractivity contribution in [1.82, 2.24) is 4.98 Å². The Kier molecular flexibility index (Phi) is 3.25. The Morgan fingerprint density at radius 3 is 2.47 bits per heavy atom. The third-order valence-electron chi connectivity index (χ3n) is 2.98. The van der Waals surface area contributed by atoms with Crippen molar-refractivity contribution >= 4 is 0 Å². The second kappa shape index (κ2) is 4.68. The minimum Gasteiger partial charge on any atom is -0.385 e. The van der Waals surface area contributed by atoms with Crippen molar-refractivity contribution in [2.75, 3.05) is 0 Å². The molecular weight excluding hydrogens is 210 g/mol. The maximum absolute atomic E-state index is 10.6. The lowest BCUT2D eigenvalue weighted by atomic mass is 9.88. The minimum atomic E-state index is -0.875. The van der Waals surface area contributed by atoms with Gasteiger partial charge in [-0.15, -0.1) is 0 Å². The molecule has 1 N–H and O–H groups in total. The first-order valence-corrected chi connectivity index (χ1v) is 5.78. The van der Waals surface area contributed by atoms with E-state index >= 15 is 0 Å². The third kappa shape index (κ3) is 2.71. The van der Waals surface area contributed by atoms with Gasteiger partial charge in [0.15, 0.2) is 0 Å². The van der Waals surface area contributed by atoms with Crippen LogP contribution in [-0.2, 0) is 12.0 Å². The van der Waals surface area contributed by atoms with E-state index in [-0.39, 0.29) is 0 Å². The summed E-state index contributed by atoms with van der Waals surface area (Å²) in [7, 11) is 0. The normalized spacial score (nSPS) is 14.3. The highest BCUT2D eigenvalue weighted by Crippen LogP contribution is 2.27. The van der Waals surface area contributed by atoms with E-state index in [0.29, 0.717) is 6.42 Å². The predicted molar refractivity (Wildman–Crippen MR) is 68.7 cm³/mol. The summed E-state index contributed by atoms with van der Waals surface area (Å²) in [5.74, 6) is 0. The molecule has 1 heterocycles. The lowest BCUT2D eigenvalue weighted by Gasteiger charge is -2.25. The Hall–Kier alpha value is -1.67. The third-order valence-corrected chi connectivity index (χ3v) is 2.98. The van der Waals surface area contributed by atoms with Gasteiger partial charge in [-0.2, -0.15) is 0 Å². The summed E-state index contributed by atoms with van der Waals surface area (Å²) in [5.41, 5.74) is 2.10. The molecule has 1 aromatic carbocycles. The molecule has 0 aliphatic heterocycles. The van der Waals surface area contributed by atoms with Gasteiger partial charge in [0, 0.05) is 18.3 Å². The molecule has 0 saturated carbocycles. The largest absolute Gasteiger partial charge is 0.385 e. The second-order valence-electron chi connectivity index (χ2n) is 4.59.